The number of carbonyl (C=O) groups excluding carboxylic acids is 2. The fourth-order valence-electron chi connectivity index (χ4n) is 1.87. The Kier molecular flexibility index (Phi) is 7.10. The van der Waals surface area contributed by atoms with Crippen LogP contribution in [0.4, 0.5) is 8.78 Å². The smallest absolute Gasteiger partial charge is 0.240 e. The number of nitrogens with one attached hydrogen (secondary N) is 1. The lowest BCUT2D eigenvalue weighted by molar-refractivity contribution is -0.126. The van der Waals surface area contributed by atoms with E-state index in [-0.39, 0.29) is 23.4 Å². The second kappa shape index (κ2) is 8.45. The second-order valence-electron chi connectivity index (χ2n) is 7.82. The Morgan fingerprint density at radius 1 is 1.27 bits per heavy atom. The van der Waals surface area contributed by atoms with Gasteiger partial charge in [0.2, 0.25) is 11.8 Å². The van der Waals surface area contributed by atoms with Gasteiger partial charge in [0.05, 0.1) is 6.42 Å². The lowest BCUT2D eigenvalue weighted by atomic mass is 10.1. The molecule has 142 valence electrons. The molecule has 0 aliphatic carbocycles. The van der Waals surface area contributed by atoms with Crippen molar-refractivity contribution in [1.29, 1.82) is 0 Å². The molecule has 0 aliphatic heterocycles. The summed E-state index contributed by atoms with van der Waals surface area (Å²) >= 11 is 0. The predicted octanol–water partition coefficient (Wildman–Crippen LogP) is 2.92. The van der Waals surface area contributed by atoms with E-state index in [0.29, 0.717) is 6.07 Å². The highest BCUT2D eigenvalue weighted by atomic mass is 28.3. The van der Waals surface area contributed by atoms with Crippen LogP contribution < -0.4 is 11.1 Å². The van der Waals surface area contributed by atoms with Gasteiger partial charge in [-0.15, -0.1) is 11.5 Å². The lowest BCUT2D eigenvalue weighted by Gasteiger charge is -2.31. The van der Waals surface area contributed by atoms with E-state index in [1.807, 2.05) is 0 Å². The molecule has 0 fully saturated rings. The molecule has 0 saturated carbocycles. The van der Waals surface area contributed by atoms with E-state index >= 15 is 0 Å². The quantitative estimate of drug-likeness (QED) is 0.609. The molecule has 0 bridgehead atoms. The normalized spacial score (nSPS) is 12.7. The van der Waals surface area contributed by atoms with Gasteiger partial charge in [-0.05, 0) is 16.7 Å². The Morgan fingerprint density at radius 2 is 1.88 bits per heavy atom. The Morgan fingerprint density at radius 3 is 2.38 bits per heavy atom. The Bertz CT molecular complexity index is 746. The van der Waals surface area contributed by atoms with Crippen LogP contribution in [0.15, 0.2) is 18.2 Å². The molecule has 0 aromatic heterocycles. The molecule has 0 aliphatic rings. The van der Waals surface area contributed by atoms with Crippen molar-refractivity contribution in [2.75, 3.05) is 0 Å². The Hall–Kier alpha value is -2.20. The van der Waals surface area contributed by atoms with E-state index in [4.69, 9.17) is 5.73 Å². The summed E-state index contributed by atoms with van der Waals surface area (Å²) in [5.41, 5.74) is 8.62. The van der Waals surface area contributed by atoms with Crippen LogP contribution in [0, 0.1) is 23.1 Å². The van der Waals surface area contributed by atoms with Crippen molar-refractivity contribution in [3.05, 3.63) is 35.4 Å². The summed E-state index contributed by atoms with van der Waals surface area (Å²) in [6.45, 7) is 10.6. The van der Waals surface area contributed by atoms with E-state index in [1.54, 1.807) is 0 Å². The molecule has 2 amide bonds. The molecule has 0 saturated heterocycles. The zero-order valence-corrected chi connectivity index (χ0v) is 16.9. The van der Waals surface area contributed by atoms with Crippen LogP contribution in [0.25, 0.3) is 0 Å². The highest BCUT2D eigenvalue weighted by Gasteiger charge is 2.33. The maximum absolute atomic E-state index is 13.6. The topological polar surface area (TPSA) is 72.2 Å². The summed E-state index contributed by atoms with van der Waals surface area (Å²) in [7, 11) is -1.83. The molecule has 0 heterocycles. The van der Waals surface area contributed by atoms with Crippen LogP contribution in [-0.2, 0) is 16.0 Å². The number of nitrogens with two attached hydrogens (primary N) is 1. The maximum Gasteiger partial charge on any atom is 0.240 e. The van der Waals surface area contributed by atoms with Crippen molar-refractivity contribution in [3.63, 3.8) is 0 Å². The fraction of sp³-hybridized carbons (Fsp3) is 0.474. The molecule has 0 spiro atoms. The Labute approximate surface area is 154 Å². The standard InChI is InChI=1S/C19H26F2N2O2Si/c1-19(2,3)26(4,5)10-6-7-16(18(22)25)23-17(24)11-13-8-9-14(20)12-15(13)21/h8-9,12,16H,7,11H2,1-5H3,(H2,22,25)(H,23,24)/t16-/m0/s1. The first-order chi connectivity index (χ1) is 11.8. The van der Waals surface area contributed by atoms with Gasteiger partial charge in [-0.25, -0.2) is 8.78 Å². The van der Waals surface area contributed by atoms with Crippen LogP contribution in [-0.4, -0.2) is 25.9 Å². The number of carbonyl (C=O) groups is 2. The first-order valence-electron chi connectivity index (χ1n) is 8.36. The van der Waals surface area contributed by atoms with E-state index in [2.05, 4.69) is 50.6 Å². The summed E-state index contributed by atoms with van der Waals surface area (Å²) < 4.78 is 26.5. The van der Waals surface area contributed by atoms with Gasteiger partial charge >= 0.3 is 0 Å². The molecular formula is C19H26F2N2O2Si. The molecular weight excluding hydrogens is 354 g/mol. The number of hydrogen-bond donors (Lipinski definition) is 2. The Balaban J connectivity index is 2.77. The molecule has 1 atom stereocenters. The summed E-state index contributed by atoms with van der Waals surface area (Å²) in [5.74, 6) is 0.161. The van der Waals surface area contributed by atoms with Gasteiger partial charge in [-0.3, -0.25) is 9.59 Å². The van der Waals surface area contributed by atoms with Crippen LogP contribution in [0.3, 0.4) is 0 Å². The average Bonchev–Trinajstić information content (AvgIpc) is 2.47. The molecule has 0 radical (unpaired) electrons. The zero-order chi connectivity index (χ0) is 20.1. The lowest BCUT2D eigenvalue weighted by Crippen LogP contribution is -2.45. The zero-order valence-electron chi connectivity index (χ0n) is 15.9. The first kappa shape index (κ1) is 21.8. The molecule has 4 nitrogen and oxygen atoms in total. The SMILES string of the molecule is CC(C)(C)[Si](C)(C)C#CC[C@H](NC(=O)Cc1ccc(F)cc1F)C(N)=O. The van der Waals surface area contributed by atoms with Crippen molar-refractivity contribution in [1.82, 2.24) is 5.32 Å². The number of benzene rings is 1. The van der Waals surface area contributed by atoms with Gasteiger partial charge in [0, 0.05) is 12.5 Å². The van der Waals surface area contributed by atoms with Gasteiger partial charge < -0.3 is 11.1 Å². The third kappa shape index (κ3) is 6.26. The van der Waals surface area contributed by atoms with Gasteiger partial charge in [0.25, 0.3) is 0 Å². The number of hydrogen-bond acceptors (Lipinski definition) is 2. The minimum atomic E-state index is -1.83. The number of amides is 2. The van der Waals surface area contributed by atoms with E-state index in [0.717, 1.165) is 6.07 Å². The van der Waals surface area contributed by atoms with Crippen LogP contribution in [0.2, 0.25) is 18.1 Å². The molecule has 1 rings (SSSR count). The van der Waals surface area contributed by atoms with Crippen LogP contribution in [0.5, 0.6) is 0 Å². The third-order valence-corrected chi connectivity index (χ3v) is 9.18. The van der Waals surface area contributed by atoms with Crippen molar-refractivity contribution >= 4 is 19.9 Å². The van der Waals surface area contributed by atoms with Crippen LogP contribution >= 0.6 is 0 Å². The largest absolute Gasteiger partial charge is 0.368 e. The molecule has 26 heavy (non-hydrogen) atoms. The van der Waals surface area contributed by atoms with Gasteiger partial charge in [-0.2, -0.15) is 0 Å². The second-order valence-corrected chi connectivity index (χ2v) is 12.8. The van der Waals surface area contributed by atoms with Crippen molar-refractivity contribution < 1.29 is 18.4 Å². The third-order valence-electron chi connectivity index (χ3n) is 4.63. The summed E-state index contributed by atoms with van der Waals surface area (Å²) in [6, 6.07) is 2.02. The molecule has 0 unspecified atom stereocenters. The number of primary amides is 1. The fourth-order valence-corrected chi connectivity index (χ4v) is 2.79. The van der Waals surface area contributed by atoms with Gasteiger partial charge in [-0.1, -0.05) is 39.9 Å². The van der Waals surface area contributed by atoms with Gasteiger partial charge in [0.1, 0.15) is 25.8 Å². The highest BCUT2D eigenvalue weighted by Crippen LogP contribution is 2.35. The molecule has 1 aromatic rings. The summed E-state index contributed by atoms with van der Waals surface area (Å²) in [6.07, 6.45) is -0.217. The van der Waals surface area contributed by atoms with E-state index < -0.39 is 37.6 Å². The van der Waals surface area contributed by atoms with Crippen molar-refractivity contribution in [2.45, 2.75) is 57.8 Å². The van der Waals surface area contributed by atoms with Gasteiger partial charge in [0.15, 0.2) is 0 Å². The molecule has 7 heteroatoms. The monoisotopic (exact) mass is 380 g/mol. The molecule has 1 aromatic carbocycles. The van der Waals surface area contributed by atoms with E-state index in [9.17, 15) is 18.4 Å². The summed E-state index contributed by atoms with van der Waals surface area (Å²) in [4.78, 5) is 23.6. The average molecular weight is 381 g/mol. The minimum Gasteiger partial charge on any atom is -0.368 e. The summed E-state index contributed by atoms with van der Waals surface area (Å²) in [5, 5.41) is 2.55. The van der Waals surface area contributed by atoms with Crippen molar-refractivity contribution in [2.24, 2.45) is 5.73 Å². The minimum absolute atomic E-state index is 0.0412. The van der Waals surface area contributed by atoms with E-state index in [1.165, 1.54) is 6.07 Å². The van der Waals surface area contributed by atoms with Crippen LogP contribution in [0.1, 0.15) is 32.8 Å². The maximum atomic E-state index is 13.6. The highest BCUT2D eigenvalue weighted by molar-refractivity contribution is 6.87. The molecule has 3 N–H and O–H groups in total. The van der Waals surface area contributed by atoms with Crippen molar-refractivity contribution in [3.8, 4) is 11.5 Å². The first-order valence-corrected chi connectivity index (χ1v) is 11.4. The number of rotatable bonds is 5. The predicted molar refractivity (Wildman–Crippen MR) is 101 cm³/mol. The number of halogens is 2.